The van der Waals surface area contributed by atoms with Crippen molar-refractivity contribution in [2.75, 3.05) is 0 Å². The second-order valence-electron chi connectivity index (χ2n) is 7.08. The quantitative estimate of drug-likeness (QED) is 0.752. The maximum atomic E-state index is 12.4. The van der Waals surface area contributed by atoms with E-state index in [0.717, 1.165) is 49.3 Å². The lowest BCUT2D eigenvalue weighted by Gasteiger charge is -2.29. The Balaban J connectivity index is 1.41. The Kier molecular flexibility index (Phi) is 5.11. The molecule has 0 amide bonds. The van der Waals surface area contributed by atoms with Crippen LogP contribution in [0.15, 0.2) is 53.8 Å². The van der Waals surface area contributed by atoms with Gasteiger partial charge >= 0.3 is 0 Å². The van der Waals surface area contributed by atoms with Crippen molar-refractivity contribution in [3.8, 4) is 11.3 Å². The van der Waals surface area contributed by atoms with Gasteiger partial charge in [-0.25, -0.2) is 9.67 Å². The molecule has 0 aliphatic heterocycles. The molecule has 140 valence electrons. The van der Waals surface area contributed by atoms with E-state index in [1.165, 1.54) is 0 Å². The van der Waals surface area contributed by atoms with Gasteiger partial charge in [0.2, 0.25) is 0 Å². The number of pyridine rings is 1. The lowest BCUT2D eigenvalue weighted by atomic mass is 9.91. The van der Waals surface area contributed by atoms with Crippen molar-refractivity contribution in [1.29, 1.82) is 0 Å². The number of hydrogen-bond donors (Lipinski definition) is 1. The zero-order valence-electron chi connectivity index (χ0n) is 15.5. The van der Waals surface area contributed by atoms with Crippen molar-refractivity contribution >= 4 is 0 Å². The molecule has 3 aromatic rings. The van der Waals surface area contributed by atoms with Crippen molar-refractivity contribution in [2.45, 2.75) is 44.3 Å². The molecule has 3 heterocycles. The molecule has 0 bridgehead atoms. The second kappa shape index (κ2) is 7.84. The van der Waals surface area contributed by atoms with Crippen LogP contribution in [-0.4, -0.2) is 30.4 Å². The molecular weight excluding hydrogens is 340 g/mol. The standard InChI is InChI=1S/C20H24N6O/c1-25-12-11-22-19(25)14-23-16-4-6-17(7-5-16)26-20(27)9-8-18(24-26)15-3-2-10-21-13-15/h2-3,8-13,16-17,23H,4-7,14H2,1H3. The Bertz CT molecular complexity index is 940. The maximum absolute atomic E-state index is 12.4. The fraction of sp³-hybridized carbons (Fsp3) is 0.400. The summed E-state index contributed by atoms with van der Waals surface area (Å²) in [6.45, 7) is 0.771. The van der Waals surface area contributed by atoms with Crippen LogP contribution in [-0.2, 0) is 13.6 Å². The average molecular weight is 364 g/mol. The number of imidazole rings is 1. The van der Waals surface area contributed by atoms with Gasteiger partial charge in [0.1, 0.15) is 5.82 Å². The lowest BCUT2D eigenvalue weighted by Crippen LogP contribution is -2.36. The van der Waals surface area contributed by atoms with Gasteiger partial charge in [-0.2, -0.15) is 5.10 Å². The fourth-order valence-corrected chi connectivity index (χ4v) is 3.68. The van der Waals surface area contributed by atoms with Crippen molar-refractivity contribution in [3.63, 3.8) is 0 Å². The van der Waals surface area contributed by atoms with Crippen LogP contribution in [0.3, 0.4) is 0 Å². The molecule has 1 aliphatic rings. The van der Waals surface area contributed by atoms with Crippen LogP contribution in [0.5, 0.6) is 0 Å². The predicted octanol–water partition coefficient (Wildman–Crippen LogP) is 2.31. The molecule has 0 saturated heterocycles. The summed E-state index contributed by atoms with van der Waals surface area (Å²) in [5.41, 5.74) is 1.68. The Morgan fingerprint density at radius 2 is 2.00 bits per heavy atom. The van der Waals surface area contributed by atoms with Crippen LogP contribution in [0.25, 0.3) is 11.3 Å². The van der Waals surface area contributed by atoms with Gasteiger partial charge in [0.25, 0.3) is 5.56 Å². The molecule has 1 N–H and O–H groups in total. The summed E-state index contributed by atoms with van der Waals surface area (Å²) >= 11 is 0. The first-order chi connectivity index (χ1) is 13.2. The van der Waals surface area contributed by atoms with E-state index in [0.29, 0.717) is 6.04 Å². The molecule has 0 aromatic carbocycles. The molecule has 4 rings (SSSR count). The minimum atomic E-state index is -0.0351. The Hall–Kier alpha value is -2.80. The van der Waals surface area contributed by atoms with Crippen LogP contribution in [0.2, 0.25) is 0 Å². The third-order valence-corrected chi connectivity index (χ3v) is 5.29. The molecule has 0 spiro atoms. The molecule has 0 atom stereocenters. The van der Waals surface area contributed by atoms with Crippen LogP contribution < -0.4 is 10.9 Å². The number of rotatable bonds is 5. The van der Waals surface area contributed by atoms with Gasteiger partial charge in [-0.3, -0.25) is 9.78 Å². The maximum Gasteiger partial charge on any atom is 0.267 e. The van der Waals surface area contributed by atoms with Gasteiger partial charge in [0.15, 0.2) is 0 Å². The van der Waals surface area contributed by atoms with E-state index in [1.54, 1.807) is 29.2 Å². The van der Waals surface area contributed by atoms with Gasteiger partial charge in [-0.15, -0.1) is 0 Å². The van der Waals surface area contributed by atoms with E-state index in [1.807, 2.05) is 36.1 Å². The summed E-state index contributed by atoms with van der Waals surface area (Å²) in [7, 11) is 2.01. The van der Waals surface area contributed by atoms with E-state index in [4.69, 9.17) is 0 Å². The monoisotopic (exact) mass is 364 g/mol. The molecule has 0 radical (unpaired) electrons. The van der Waals surface area contributed by atoms with Crippen molar-refractivity contribution in [1.82, 2.24) is 29.6 Å². The molecular formula is C20H24N6O. The van der Waals surface area contributed by atoms with E-state index >= 15 is 0 Å². The molecule has 7 nitrogen and oxygen atoms in total. The van der Waals surface area contributed by atoms with Crippen LogP contribution in [0, 0.1) is 0 Å². The highest BCUT2D eigenvalue weighted by Crippen LogP contribution is 2.27. The van der Waals surface area contributed by atoms with Crippen molar-refractivity contribution in [2.24, 2.45) is 7.05 Å². The number of aryl methyl sites for hydroxylation is 1. The minimum Gasteiger partial charge on any atom is -0.337 e. The lowest BCUT2D eigenvalue weighted by molar-refractivity contribution is 0.268. The SMILES string of the molecule is Cn1ccnc1CNC1CCC(n2nc(-c3cccnc3)ccc2=O)CC1. The molecule has 1 fully saturated rings. The van der Waals surface area contributed by atoms with Crippen LogP contribution in [0.1, 0.15) is 37.5 Å². The number of nitrogens with zero attached hydrogens (tertiary/aromatic N) is 5. The summed E-state index contributed by atoms with van der Waals surface area (Å²) < 4.78 is 3.70. The average Bonchev–Trinajstić information content (AvgIpc) is 3.13. The van der Waals surface area contributed by atoms with Crippen LogP contribution in [0.4, 0.5) is 0 Å². The normalized spacial score (nSPS) is 19.9. The highest BCUT2D eigenvalue weighted by molar-refractivity contribution is 5.56. The Labute approximate surface area is 158 Å². The highest BCUT2D eigenvalue weighted by atomic mass is 16.1. The summed E-state index contributed by atoms with van der Waals surface area (Å²) in [5.74, 6) is 1.04. The van der Waals surface area contributed by atoms with Crippen LogP contribution >= 0.6 is 0 Å². The topological polar surface area (TPSA) is 77.6 Å². The highest BCUT2D eigenvalue weighted by Gasteiger charge is 2.24. The third kappa shape index (κ3) is 3.98. The summed E-state index contributed by atoms with van der Waals surface area (Å²) in [5, 5.41) is 8.21. The van der Waals surface area contributed by atoms with Crippen molar-refractivity contribution in [3.05, 3.63) is 65.2 Å². The summed E-state index contributed by atoms with van der Waals surface area (Å²) in [6, 6.07) is 7.83. The molecule has 7 heteroatoms. The largest absolute Gasteiger partial charge is 0.337 e. The first-order valence-corrected chi connectivity index (χ1v) is 9.40. The van der Waals surface area contributed by atoms with Gasteiger partial charge in [0, 0.05) is 49.5 Å². The van der Waals surface area contributed by atoms with E-state index in [2.05, 4.69) is 20.4 Å². The first-order valence-electron chi connectivity index (χ1n) is 9.40. The van der Waals surface area contributed by atoms with E-state index in [-0.39, 0.29) is 11.6 Å². The molecule has 1 aliphatic carbocycles. The van der Waals surface area contributed by atoms with E-state index < -0.39 is 0 Å². The van der Waals surface area contributed by atoms with Gasteiger partial charge in [-0.1, -0.05) is 0 Å². The molecule has 3 aromatic heterocycles. The summed E-state index contributed by atoms with van der Waals surface area (Å²) in [4.78, 5) is 20.9. The van der Waals surface area contributed by atoms with Gasteiger partial charge in [0.05, 0.1) is 18.3 Å². The number of hydrogen-bond acceptors (Lipinski definition) is 5. The Morgan fingerprint density at radius 1 is 1.15 bits per heavy atom. The minimum absolute atomic E-state index is 0.0351. The zero-order chi connectivity index (χ0) is 18.6. The summed E-state index contributed by atoms with van der Waals surface area (Å²) in [6.07, 6.45) is 11.2. The Morgan fingerprint density at radius 3 is 2.70 bits per heavy atom. The predicted molar refractivity (Wildman–Crippen MR) is 103 cm³/mol. The molecule has 27 heavy (non-hydrogen) atoms. The third-order valence-electron chi connectivity index (χ3n) is 5.29. The first kappa shape index (κ1) is 17.6. The second-order valence-corrected chi connectivity index (χ2v) is 7.08. The van der Waals surface area contributed by atoms with E-state index in [9.17, 15) is 4.79 Å². The fourth-order valence-electron chi connectivity index (χ4n) is 3.68. The molecule has 0 unspecified atom stereocenters. The zero-order valence-corrected chi connectivity index (χ0v) is 15.5. The number of aromatic nitrogens is 5. The van der Waals surface area contributed by atoms with Gasteiger partial charge in [-0.05, 0) is 43.9 Å². The smallest absolute Gasteiger partial charge is 0.267 e. The van der Waals surface area contributed by atoms with Crippen molar-refractivity contribution < 1.29 is 0 Å². The number of nitrogens with one attached hydrogen (secondary N) is 1. The molecule has 1 saturated carbocycles. The van der Waals surface area contributed by atoms with Gasteiger partial charge < -0.3 is 9.88 Å².